The molecule has 0 fully saturated rings. The topological polar surface area (TPSA) is 153 Å². The van der Waals surface area contributed by atoms with Gasteiger partial charge in [0.25, 0.3) is 5.91 Å². The number of amides is 3. The minimum Gasteiger partial charge on any atom is -0.478 e. The molecule has 260 valence electrons. The molecule has 10 nitrogen and oxygen atoms in total. The third-order valence-corrected chi connectivity index (χ3v) is 8.39. The lowest BCUT2D eigenvalue weighted by Gasteiger charge is -2.18. The maximum atomic E-state index is 13.1. The van der Waals surface area contributed by atoms with Crippen molar-refractivity contribution in [2.75, 3.05) is 10.6 Å². The Labute approximate surface area is 284 Å². The van der Waals surface area contributed by atoms with E-state index in [9.17, 15) is 24.3 Å². The molecule has 0 bridgehead atoms. The maximum Gasteiger partial charge on any atom is 0.335 e. The highest BCUT2D eigenvalue weighted by molar-refractivity contribution is 6.02. The molecular formula is C38H53N5O5. The monoisotopic (exact) mass is 659 g/mol. The first kappa shape index (κ1) is 38.0. The molecule has 3 aromatic rings. The lowest BCUT2D eigenvalue weighted by atomic mass is 10.0. The van der Waals surface area contributed by atoms with Crippen LogP contribution in [-0.4, -0.2) is 44.8 Å². The van der Waals surface area contributed by atoms with Crippen molar-refractivity contribution >= 4 is 35.1 Å². The number of aromatic nitrogens is 2. The normalized spacial score (nSPS) is 11.5. The van der Waals surface area contributed by atoms with Crippen LogP contribution in [0.25, 0.3) is 0 Å². The van der Waals surface area contributed by atoms with Gasteiger partial charge in [-0.2, -0.15) is 0 Å². The fourth-order valence-electron chi connectivity index (χ4n) is 5.60. The minimum absolute atomic E-state index is 0.0291. The number of nitrogens with one attached hydrogen (secondary N) is 4. The number of rotatable bonds is 24. The summed E-state index contributed by atoms with van der Waals surface area (Å²) < 4.78 is 0. The third kappa shape index (κ3) is 15.0. The highest BCUT2D eigenvalue weighted by atomic mass is 16.4. The van der Waals surface area contributed by atoms with Gasteiger partial charge < -0.3 is 26.0 Å². The number of aromatic amines is 1. The second-order valence-electron chi connectivity index (χ2n) is 12.5. The maximum absolute atomic E-state index is 13.1. The van der Waals surface area contributed by atoms with Crippen molar-refractivity contribution in [2.24, 2.45) is 0 Å². The number of carbonyl (C=O) groups excluding carboxylic acids is 3. The summed E-state index contributed by atoms with van der Waals surface area (Å²) in [5, 5.41) is 17.6. The van der Waals surface area contributed by atoms with E-state index in [4.69, 9.17) is 0 Å². The van der Waals surface area contributed by atoms with Crippen molar-refractivity contribution in [1.29, 1.82) is 0 Å². The van der Waals surface area contributed by atoms with Gasteiger partial charge in [-0.15, -0.1) is 0 Å². The van der Waals surface area contributed by atoms with Crippen LogP contribution in [0.2, 0.25) is 0 Å². The number of anilines is 2. The number of imidazole rings is 1. The summed E-state index contributed by atoms with van der Waals surface area (Å²) in [4.78, 5) is 57.1. The quantitative estimate of drug-likeness (QED) is 0.0610. The largest absolute Gasteiger partial charge is 0.478 e. The van der Waals surface area contributed by atoms with Gasteiger partial charge >= 0.3 is 5.97 Å². The highest BCUT2D eigenvalue weighted by Gasteiger charge is 2.23. The zero-order valence-corrected chi connectivity index (χ0v) is 28.4. The number of benzene rings is 2. The molecule has 0 radical (unpaired) electrons. The van der Waals surface area contributed by atoms with Crippen molar-refractivity contribution in [3.05, 3.63) is 77.9 Å². The molecule has 0 aliphatic rings. The van der Waals surface area contributed by atoms with E-state index in [-0.39, 0.29) is 17.9 Å². The van der Waals surface area contributed by atoms with E-state index in [0.29, 0.717) is 29.2 Å². The molecule has 48 heavy (non-hydrogen) atoms. The highest BCUT2D eigenvalue weighted by Crippen LogP contribution is 2.16. The molecule has 1 heterocycles. The molecule has 0 aliphatic heterocycles. The molecular weight excluding hydrogens is 606 g/mol. The number of nitrogens with zero attached hydrogens (tertiary/aromatic N) is 1. The predicted molar refractivity (Wildman–Crippen MR) is 190 cm³/mol. The molecule has 0 aliphatic carbocycles. The van der Waals surface area contributed by atoms with Crippen LogP contribution in [0.4, 0.5) is 11.4 Å². The second kappa shape index (κ2) is 22.2. The number of hydrogen-bond acceptors (Lipinski definition) is 5. The Kier molecular flexibility index (Phi) is 17.5. The van der Waals surface area contributed by atoms with Crippen LogP contribution in [0.3, 0.4) is 0 Å². The van der Waals surface area contributed by atoms with Gasteiger partial charge in [-0.1, -0.05) is 103 Å². The fraction of sp³-hybridized carbons (Fsp3) is 0.500. The van der Waals surface area contributed by atoms with Gasteiger partial charge in [0.15, 0.2) is 0 Å². The summed E-state index contributed by atoms with van der Waals surface area (Å²) in [6.45, 7) is 2.26. The average Bonchev–Trinajstić information content (AvgIpc) is 3.60. The van der Waals surface area contributed by atoms with E-state index in [1.165, 1.54) is 95.2 Å². The SMILES string of the molecule is CCCCCCCCCCCCCCCCCC(=O)Nc1ccc(C(=O)N[C@@H](Cc2ncc[nH]2)C(=O)Nc2cccc(C(=O)O)c2)cc1. The fourth-order valence-corrected chi connectivity index (χ4v) is 5.60. The van der Waals surface area contributed by atoms with Crippen molar-refractivity contribution in [2.45, 2.75) is 122 Å². The number of carboxylic acid groups (broad SMARTS) is 1. The molecule has 0 saturated heterocycles. The number of carboxylic acids is 1. The molecule has 3 amide bonds. The summed E-state index contributed by atoms with van der Waals surface area (Å²) in [7, 11) is 0. The van der Waals surface area contributed by atoms with Crippen LogP contribution in [-0.2, 0) is 16.0 Å². The first-order valence-electron chi connectivity index (χ1n) is 17.7. The Morgan fingerprint density at radius 2 is 1.33 bits per heavy atom. The van der Waals surface area contributed by atoms with Gasteiger partial charge in [-0.05, 0) is 48.9 Å². The Bertz CT molecular complexity index is 1390. The first-order valence-corrected chi connectivity index (χ1v) is 17.7. The number of unbranched alkanes of at least 4 members (excludes halogenated alkanes) is 14. The van der Waals surface area contributed by atoms with Gasteiger partial charge in [-0.3, -0.25) is 14.4 Å². The standard InChI is InChI=1S/C38H53N5O5/c1-2-3-4-5-6-7-8-9-10-11-12-13-14-15-16-20-35(44)41-31-23-21-29(22-24-31)36(45)43-33(28-34-39-25-26-40-34)37(46)42-32-19-17-18-30(27-32)38(47)48/h17-19,21-27,33H,2-16,20,28H2,1H3,(H,39,40)(H,41,44)(H,42,46)(H,43,45)(H,47,48)/t33-/m0/s1. The van der Waals surface area contributed by atoms with Gasteiger partial charge in [-0.25, -0.2) is 9.78 Å². The lowest BCUT2D eigenvalue weighted by Crippen LogP contribution is -2.45. The van der Waals surface area contributed by atoms with E-state index in [1.54, 1.807) is 42.7 Å². The van der Waals surface area contributed by atoms with Gasteiger partial charge in [0.1, 0.15) is 11.9 Å². The molecule has 0 spiro atoms. The molecule has 0 saturated carbocycles. The zero-order chi connectivity index (χ0) is 34.4. The van der Waals surface area contributed by atoms with Crippen LogP contribution in [0.5, 0.6) is 0 Å². The molecule has 2 aromatic carbocycles. The van der Waals surface area contributed by atoms with Gasteiger partial charge in [0.2, 0.25) is 11.8 Å². The summed E-state index contributed by atoms with van der Waals surface area (Å²) >= 11 is 0. The van der Waals surface area contributed by atoms with Crippen molar-refractivity contribution in [3.8, 4) is 0 Å². The molecule has 10 heteroatoms. The number of carbonyl (C=O) groups is 4. The van der Waals surface area contributed by atoms with Crippen LogP contribution in [0.15, 0.2) is 60.9 Å². The molecule has 0 unspecified atom stereocenters. The Balaban J connectivity index is 1.35. The minimum atomic E-state index is -1.11. The lowest BCUT2D eigenvalue weighted by molar-refractivity contribution is -0.118. The Morgan fingerprint density at radius 3 is 1.90 bits per heavy atom. The zero-order valence-electron chi connectivity index (χ0n) is 28.4. The third-order valence-electron chi connectivity index (χ3n) is 8.39. The van der Waals surface area contributed by atoms with Gasteiger partial charge in [0.05, 0.1) is 5.56 Å². The van der Waals surface area contributed by atoms with Crippen LogP contribution in [0, 0.1) is 0 Å². The van der Waals surface area contributed by atoms with E-state index in [0.717, 1.165) is 19.3 Å². The van der Waals surface area contributed by atoms with Crippen molar-refractivity contribution < 1.29 is 24.3 Å². The second-order valence-corrected chi connectivity index (χ2v) is 12.5. The Hall–Kier alpha value is -4.47. The molecule has 1 aromatic heterocycles. The van der Waals surface area contributed by atoms with Crippen LogP contribution >= 0.6 is 0 Å². The van der Waals surface area contributed by atoms with Crippen molar-refractivity contribution in [3.63, 3.8) is 0 Å². The summed E-state index contributed by atoms with van der Waals surface area (Å²) in [5.74, 6) is -1.66. The van der Waals surface area contributed by atoms with Crippen molar-refractivity contribution in [1.82, 2.24) is 15.3 Å². The summed E-state index contributed by atoms with van der Waals surface area (Å²) in [6, 6.07) is 11.4. The number of aromatic carboxylic acids is 1. The van der Waals surface area contributed by atoms with Gasteiger partial charge in [0, 0.05) is 42.2 Å². The molecule has 1 atom stereocenters. The summed E-state index contributed by atoms with van der Waals surface area (Å²) in [6.07, 6.45) is 22.9. The number of hydrogen-bond donors (Lipinski definition) is 5. The predicted octanol–water partition coefficient (Wildman–Crippen LogP) is 8.29. The van der Waals surface area contributed by atoms with E-state index in [1.807, 2.05) is 0 Å². The van der Waals surface area contributed by atoms with E-state index < -0.39 is 23.8 Å². The smallest absolute Gasteiger partial charge is 0.335 e. The van der Waals surface area contributed by atoms with Crippen LogP contribution < -0.4 is 16.0 Å². The number of H-pyrrole nitrogens is 1. The van der Waals surface area contributed by atoms with E-state index in [2.05, 4.69) is 32.8 Å². The first-order chi connectivity index (χ1) is 23.4. The molecule has 5 N–H and O–H groups in total. The summed E-state index contributed by atoms with van der Waals surface area (Å²) in [5.41, 5.74) is 1.24. The average molecular weight is 660 g/mol. The van der Waals surface area contributed by atoms with Crippen LogP contribution in [0.1, 0.15) is 136 Å². The Morgan fingerprint density at radius 1 is 0.729 bits per heavy atom. The molecule has 3 rings (SSSR count). The van der Waals surface area contributed by atoms with E-state index >= 15 is 0 Å².